The Bertz CT molecular complexity index is 666. The fourth-order valence-electron chi connectivity index (χ4n) is 2.92. The van der Waals surface area contributed by atoms with Crippen LogP contribution < -0.4 is 0 Å². The highest BCUT2D eigenvalue weighted by Gasteiger charge is 2.24. The maximum Gasteiger partial charge on any atom is 0.246 e. The second-order valence-corrected chi connectivity index (χ2v) is 5.89. The molecule has 0 unspecified atom stereocenters. The van der Waals surface area contributed by atoms with Crippen molar-refractivity contribution in [1.82, 2.24) is 25.1 Å². The first-order valence-corrected chi connectivity index (χ1v) is 7.78. The topological polar surface area (TPSA) is 63.9 Å². The van der Waals surface area contributed by atoms with Gasteiger partial charge in [-0.25, -0.2) is 0 Å². The van der Waals surface area contributed by atoms with Crippen molar-refractivity contribution in [2.45, 2.75) is 45.7 Å². The van der Waals surface area contributed by atoms with Crippen molar-refractivity contribution in [3.63, 3.8) is 0 Å². The molecule has 3 rings (SSSR count). The smallest absolute Gasteiger partial charge is 0.246 e. The van der Waals surface area contributed by atoms with Crippen LogP contribution in [-0.2, 0) is 11.3 Å². The number of nitrogens with zero attached hydrogens (tertiary/aromatic N) is 5. The summed E-state index contributed by atoms with van der Waals surface area (Å²) in [5, 5.41) is 12.4. The van der Waals surface area contributed by atoms with E-state index in [9.17, 15) is 4.79 Å². The number of hydrogen-bond acceptors (Lipinski definition) is 4. The fourth-order valence-corrected chi connectivity index (χ4v) is 2.92. The third-order valence-electron chi connectivity index (χ3n) is 4.24. The fraction of sp³-hybridized carbons (Fsp3) is 0.500. The van der Waals surface area contributed by atoms with Gasteiger partial charge in [0.2, 0.25) is 11.7 Å². The van der Waals surface area contributed by atoms with E-state index in [0.717, 1.165) is 30.5 Å². The summed E-state index contributed by atoms with van der Waals surface area (Å²) in [4.78, 5) is 15.7. The molecule has 0 aliphatic carbocycles. The number of carbonyl (C=O) groups is 1. The first-order valence-electron chi connectivity index (χ1n) is 7.78. The molecule has 0 spiro atoms. The number of benzene rings is 1. The van der Waals surface area contributed by atoms with E-state index >= 15 is 0 Å². The molecular formula is C16H21N5O. The van der Waals surface area contributed by atoms with Crippen LogP contribution in [0.2, 0.25) is 0 Å². The largest absolute Gasteiger partial charge is 0.338 e. The minimum Gasteiger partial charge on any atom is -0.338 e. The molecule has 1 fully saturated rings. The minimum absolute atomic E-state index is 0.0703. The summed E-state index contributed by atoms with van der Waals surface area (Å²) in [7, 11) is 0. The van der Waals surface area contributed by atoms with Gasteiger partial charge in [-0.05, 0) is 43.9 Å². The van der Waals surface area contributed by atoms with Crippen molar-refractivity contribution in [3.05, 3.63) is 29.8 Å². The second kappa shape index (κ2) is 6.25. The summed E-state index contributed by atoms with van der Waals surface area (Å²) in [6.45, 7) is 5.10. The number of hydrogen-bond donors (Lipinski definition) is 0. The SMILES string of the molecule is Cc1ccccc1-c1nnn(CC(=O)N2CCCC[C@H]2C)n1. The Hall–Kier alpha value is -2.24. The van der Waals surface area contributed by atoms with Gasteiger partial charge in [0, 0.05) is 18.2 Å². The number of carbonyl (C=O) groups excluding carboxylic acids is 1. The van der Waals surface area contributed by atoms with Crippen molar-refractivity contribution in [2.24, 2.45) is 0 Å². The Labute approximate surface area is 130 Å². The van der Waals surface area contributed by atoms with Crippen LogP contribution in [0.4, 0.5) is 0 Å². The van der Waals surface area contributed by atoms with Crippen LogP contribution in [0.25, 0.3) is 11.4 Å². The zero-order valence-electron chi connectivity index (χ0n) is 13.1. The number of likely N-dealkylation sites (tertiary alicyclic amines) is 1. The molecule has 1 atom stereocenters. The lowest BCUT2D eigenvalue weighted by atomic mass is 10.0. The Balaban J connectivity index is 1.72. The van der Waals surface area contributed by atoms with E-state index in [0.29, 0.717) is 11.9 Å². The van der Waals surface area contributed by atoms with Gasteiger partial charge in [0.15, 0.2) is 0 Å². The summed E-state index contributed by atoms with van der Waals surface area (Å²) in [6.07, 6.45) is 3.35. The summed E-state index contributed by atoms with van der Waals surface area (Å²) in [5.74, 6) is 0.638. The second-order valence-electron chi connectivity index (χ2n) is 5.89. The Morgan fingerprint density at radius 2 is 2.14 bits per heavy atom. The molecule has 2 heterocycles. The number of aryl methyl sites for hydroxylation is 1. The van der Waals surface area contributed by atoms with E-state index in [-0.39, 0.29) is 12.5 Å². The monoisotopic (exact) mass is 299 g/mol. The maximum atomic E-state index is 12.4. The van der Waals surface area contributed by atoms with Gasteiger partial charge < -0.3 is 4.90 Å². The molecule has 0 saturated carbocycles. The zero-order chi connectivity index (χ0) is 15.5. The summed E-state index contributed by atoms with van der Waals surface area (Å²) >= 11 is 0. The van der Waals surface area contributed by atoms with Crippen LogP contribution >= 0.6 is 0 Å². The van der Waals surface area contributed by atoms with Crippen LogP contribution in [-0.4, -0.2) is 43.6 Å². The number of piperidine rings is 1. The lowest BCUT2D eigenvalue weighted by Crippen LogP contribution is -2.43. The number of aromatic nitrogens is 4. The van der Waals surface area contributed by atoms with Gasteiger partial charge in [0.25, 0.3) is 0 Å². The van der Waals surface area contributed by atoms with Crippen molar-refractivity contribution in [2.75, 3.05) is 6.54 Å². The lowest BCUT2D eigenvalue weighted by Gasteiger charge is -2.33. The first-order chi connectivity index (χ1) is 10.6. The molecule has 1 aliphatic rings. The average molecular weight is 299 g/mol. The molecule has 0 radical (unpaired) electrons. The van der Waals surface area contributed by atoms with E-state index < -0.39 is 0 Å². The molecule has 1 aliphatic heterocycles. The molecule has 1 aromatic heterocycles. The van der Waals surface area contributed by atoms with Crippen molar-refractivity contribution >= 4 is 5.91 Å². The van der Waals surface area contributed by atoms with Crippen molar-refractivity contribution in [3.8, 4) is 11.4 Å². The first kappa shape index (κ1) is 14.7. The van der Waals surface area contributed by atoms with Gasteiger partial charge in [0.1, 0.15) is 6.54 Å². The summed E-state index contributed by atoms with van der Waals surface area (Å²) in [6, 6.07) is 8.20. The third-order valence-corrected chi connectivity index (χ3v) is 4.24. The Kier molecular flexibility index (Phi) is 4.18. The molecule has 0 bridgehead atoms. The number of tetrazole rings is 1. The molecule has 6 heteroatoms. The number of amides is 1. The zero-order valence-corrected chi connectivity index (χ0v) is 13.1. The van der Waals surface area contributed by atoms with E-state index in [1.165, 1.54) is 11.2 Å². The van der Waals surface area contributed by atoms with Crippen molar-refractivity contribution < 1.29 is 4.79 Å². The third kappa shape index (κ3) is 3.00. The van der Waals surface area contributed by atoms with E-state index in [1.54, 1.807) is 0 Å². The molecule has 1 saturated heterocycles. The predicted molar refractivity (Wildman–Crippen MR) is 83.0 cm³/mol. The summed E-state index contributed by atoms with van der Waals surface area (Å²) < 4.78 is 0. The molecule has 1 amide bonds. The van der Waals surface area contributed by atoms with Crippen molar-refractivity contribution in [1.29, 1.82) is 0 Å². The number of rotatable bonds is 3. The van der Waals surface area contributed by atoms with Crippen LogP contribution in [0.1, 0.15) is 31.7 Å². The highest BCUT2D eigenvalue weighted by molar-refractivity contribution is 5.76. The molecular weight excluding hydrogens is 278 g/mol. The normalized spacial score (nSPS) is 18.5. The maximum absolute atomic E-state index is 12.4. The van der Waals surface area contributed by atoms with Gasteiger partial charge in [0.05, 0.1) is 0 Å². The van der Waals surface area contributed by atoms with Gasteiger partial charge in [-0.15, -0.1) is 10.2 Å². The molecule has 116 valence electrons. The summed E-state index contributed by atoms with van der Waals surface area (Å²) in [5.41, 5.74) is 2.05. The molecule has 0 N–H and O–H groups in total. The van der Waals surface area contributed by atoms with Crippen LogP contribution in [0.3, 0.4) is 0 Å². The highest BCUT2D eigenvalue weighted by atomic mass is 16.2. The molecule has 2 aromatic rings. The minimum atomic E-state index is 0.0703. The molecule has 22 heavy (non-hydrogen) atoms. The van der Waals surface area contributed by atoms with Crippen LogP contribution in [0.5, 0.6) is 0 Å². The van der Waals surface area contributed by atoms with E-state index in [4.69, 9.17) is 0 Å². The van der Waals surface area contributed by atoms with Gasteiger partial charge in [-0.1, -0.05) is 24.3 Å². The van der Waals surface area contributed by atoms with Gasteiger partial charge >= 0.3 is 0 Å². The van der Waals surface area contributed by atoms with Crippen LogP contribution in [0.15, 0.2) is 24.3 Å². The quantitative estimate of drug-likeness (QED) is 0.870. The van der Waals surface area contributed by atoms with E-state index in [2.05, 4.69) is 22.3 Å². The molecule has 6 nitrogen and oxygen atoms in total. The van der Waals surface area contributed by atoms with Gasteiger partial charge in [-0.3, -0.25) is 4.79 Å². The molecule has 1 aromatic carbocycles. The van der Waals surface area contributed by atoms with Gasteiger partial charge in [-0.2, -0.15) is 4.80 Å². The van der Waals surface area contributed by atoms with Crippen LogP contribution in [0, 0.1) is 6.92 Å². The Morgan fingerprint density at radius 1 is 1.32 bits per heavy atom. The lowest BCUT2D eigenvalue weighted by molar-refractivity contribution is -0.135. The average Bonchev–Trinajstić information content (AvgIpc) is 2.96. The standard InChI is InChI=1S/C16H21N5O/c1-12-7-3-4-9-14(12)16-17-19-21(18-16)11-15(22)20-10-6-5-8-13(20)2/h3-4,7,9,13H,5-6,8,10-11H2,1-2H3/t13-/m1/s1. The highest BCUT2D eigenvalue weighted by Crippen LogP contribution is 2.19. The van der Waals surface area contributed by atoms with E-state index in [1.807, 2.05) is 36.1 Å². The Morgan fingerprint density at radius 3 is 2.91 bits per heavy atom. The predicted octanol–water partition coefficient (Wildman–Crippen LogP) is 2.05.